The average Bonchev–Trinajstić information content (AvgIpc) is 3.37. The Kier molecular flexibility index (Phi) is 10.3. The first-order chi connectivity index (χ1) is 17.9. The van der Waals surface area contributed by atoms with Crippen molar-refractivity contribution in [3.05, 3.63) is 41.4 Å². The first kappa shape index (κ1) is 28.0. The Morgan fingerprint density at radius 2 is 1.68 bits per heavy atom. The molecule has 2 aromatic carbocycles. The van der Waals surface area contributed by atoms with E-state index < -0.39 is 0 Å². The number of aromatic nitrogens is 2. The number of anilines is 1. The molecule has 37 heavy (non-hydrogen) atoms. The summed E-state index contributed by atoms with van der Waals surface area (Å²) in [5.74, 6) is 1.50. The number of rotatable bonds is 13. The van der Waals surface area contributed by atoms with Gasteiger partial charge in [-0.2, -0.15) is 0 Å². The average molecular weight is 549 g/mol. The number of methoxy groups -OCH3 is 3. The molecule has 0 fully saturated rings. The highest BCUT2D eigenvalue weighted by Crippen LogP contribution is 2.42. The molecule has 0 aliphatic rings. The number of amides is 2. The lowest BCUT2D eigenvalue weighted by Gasteiger charge is -2.22. The van der Waals surface area contributed by atoms with Gasteiger partial charge in [0.05, 0.1) is 21.3 Å². The quantitative estimate of drug-likeness (QED) is 0.331. The molecule has 3 rings (SSSR count). The van der Waals surface area contributed by atoms with Crippen molar-refractivity contribution < 1.29 is 28.5 Å². The SMILES string of the molecule is CCCN(CCC(=O)Nc1nnc(-c2cc(OC)c(OC)c(OC)c2)s1)C(=O)COc1ccc(Cl)cc1. The predicted molar refractivity (Wildman–Crippen MR) is 142 cm³/mol. The van der Waals surface area contributed by atoms with E-state index in [0.29, 0.717) is 50.3 Å². The third-order valence-electron chi connectivity index (χ3n) is 5.21. The van der Waals surface area contributed by atoms with Crippen LogP contribution in [0.25, 0.3) is 10.6 Å². The van der Waals surface area contributed by atoms with Gasteiger partial charge < -0.3 is 29.2 Å². The van der Waals surface area contributed by atoms with Crippen LogP contribution in [0.1, 0.15) is 19.8 Å². The zero-order valence-corrected chi connectivity index (χ0v) is 22.6. The third-order valence-corrected chi connectivity index (χ3v) is 6.35. The molecule has 0 saturated heterocycles. The van der Waals surface area contributed by atoms with E-state index >= 15 is 0 Å². The number of carbonyl (C=O) groups is 2. The summed E-state index contributed by atoms with van der Waals surface area (Å²) >= 11 is 7.08. The Balaban J connectivity index is 1.57. The molecule has 0 aliphatic heterocycles. The molecular formula is C25H29ClN4O6S. The number of halogens is 1. The summed E-state index contributed by atoms with van der Waals surface area (Å²) in [7, 11) is 4.59. The molecule has 198 valence electrons. The van der Waals surface area contributed by atoms with Gasteiger partial charge in [0.2, 0.25) is 16.8 Å². The van der Waals surface area contributed by atoms with E-state index in [2.05, 4.69) is 15.5 Å². The molecule has 0 radical (unpaired) electrons. The second-order valence-corrected chi connectivity index (χ2v) is 9.16. The summed E-state index contributed by atoms with van der Waals surface area (Å²) in [6, 6.07) is 10.3. The van der Waals surface area contributed by atoms with E-state index in [1.54, 1.807) is 41.3 Å². The molecule has 0 spiro atoms. The van der Waals surface area contributed by atoms with Gasteiger partial charge in [0.1, 0.15) is 10.8 Å². The summed E-state index contributed by atoms with van der Waals surface area (Å²) in [6.45, 7) is 2.60. The van der Waals surface area contributed by atoms with Crippen LogP contribution in [0.4, 0.5) is 5.13 Å². The van der Waals surface area contributed by atoms with Crippen LogP contribution in [-0.4, -0.2) is 67.9 Å². The lowest BCUT2D eigenvalue weighted by Crippen LogP contribution is -2.37. The van der Waals surface area contributed by atoms with E-state index in [1.165, 1.54) is 32.7 Å². The second kappa shape index (κ2) is 13.7. The fourth-order valence-electron chi connectivity index (χ4n) is 3.41. The van der Waals surface area contributed by atoms with Gasteiger partial charge in [-0.1, -0.05) is 29.9 Å². The smallest absolute Gasteiger partial charge is 0.260 e. The predicted octanol–water partition coefficient (Wildman–Crippen LogP) is 4.53. The Morgan fingerprint density at radius 3 is 2.27 bits per heavy atom. The van der Waals surface area contributed by atoms with Crippen LogP contribution in [0, 0.1) is 0 Å². The van der Waals surface area contributed by atoms with Crippen LogP contribution in [0.3, 0.4) is 0 Å². The topological polar surface area (TPSA) is 112 Å². The largest absolute Gasteiger partial charge is 0.493 e. The molecule has 1 aromatic heterocycles. The lowest BCUT2D eigenvalue weighted by atomic mass is 10.2. The number of ether oxygens (including phenoxy) is 4. The molecule has 0 saturated carbocycles. The first-order valence-corrected chi connectivity index (χ1v) is 12.7. The summed E-state index contributed by atoms with van der Waals surface area (Å²) in [4.78, 5) is 26.8. The summed E-state index contributed by atoms with van der Waals surface area (Å²) in [6.07, 6.45) is 0.856. The Hall–Kier alpha value is -3.57. The molecule has 2 amide bonds. The zero-order valence-electron chi connectivity index (χ0n) is 21.1. The molecule has 1 N–H and O–H groups in total. The fraction of sp³-hybridized carbons (Fsp3) is 0.360. The van der Waals surface area contributed by atoms with Gasteiger partial charge in [-0.25, -0.2) is 0 Å². The van der Waals surface area contributed by atoms with Crippen molar-refractivity contribution in [3.63, 3.8) is 0 Å². The number of carbonyl (C=O) groups excluding carboxylic acids is 2. The highest BCUT2D eigenvalue weighted by molar-refractivity contribution is 7.18. The van der Waals surface area contributed by atoms with Crippen LogP contribution >= 0.6 is 22.9 Å². The van der Waals surface area contributed by atoms with Gasteiger partial charge >= 0.3 is 0 Å². The Morgan fingerprint density at radius 1 is 1.00 bits per heavy atom. The van der Waals surface area contributed by atoms with E-state index in [0.717, 1.165) is 6.42 Å². The molecule has 1 heterocycles. The molecular weight excluding hydrogens is 520 g/mol. The van der Waals surface area contributed by atoms with E-state index in [1.807, 2.05) is 6.92 Å². The van der Waals surface area contributed by atoms with Crippen LogP contribution in [0.15, 0.2) is 36.4 Å². The normalized spacial score (nSPS) is 10.5. The molecule has 0 atom stereocenters. The molecule has 0 aliphatic carbocycles. The van der Waals surface area contributed by atoms with Gasteiger partial charge in [0, 0.05) is 30.1 Å². The van der Waals surface area contributed by atoms with E-state index in [-0.39, 0.29) is 31.4 Å². The molecule has 0 bridgehead atoms. The van der Waals surface area contributed by atoms with Crippen LogP contribution in [-0.2, 0) is 9.59 Å². The van der Waals surface area contributed by atoms with E-state index in [4.69, 9.17) is 30.5 Å². The number of hydrogen-bond donors (Lipinski definition) is 1. The third kappa shape index (κ3) is 7.70. The number of benzene rings is 2. The van der Waals surface area contributed by atoms with Crippen molar-refractivity contribution in [3.8, 4) is 33.6 Å². The molecule has 3 aromatic rings. The second-order valence-electron chi connectivity index (χ2n) is 7.75. The molecule has 10 nitrogen and oxygen atoms in total. The van der Waals surface area contributed by atoms with Crippen molar-refractivity contribution in [2.45, 2.75) is 19.8 Å². The van der Waals surface area contributed by atoms with Gasteiger partial charge in [0.25, 0.3) is 5.91 Å². The van der Waals surface area contributed by atoms with Gasteiger partial charge in [0.15, 0.2) is 18.1 Å². The minimum Gasteiger partial charge on any atom is -0.493 e. The van der Waals surface area contributed by atoms with Crippen LogP contribution in [0.2, 0.25) is 5.02 Å². The van der Waals surface area contributed by atoms with Crippen LogP contribution in [0.5, 0.6) is 23.0 Å². The maximum Gasteiger partial charge on any atom is 0.260 e. The Labute approximate surface area is 224 Å². The van der Waals surface area contributed by atoms with Crippen molar-refractivity contribution >= 4 is 39.9 Å². The summed E-state index contributed by atoms with van der Waals surface area (Å²) < 4.78 is 21.7. The van der Waals surface area contributed by atoms with Gasteiger partial charge in [-0.3, -0.25) is 9.59 Å². The van der Waals surface area contributed by atoms with Crippen molar-refractivity contribution in [2.24, 2.45) is 0 Å². The first-order valence-electron chi connectivity index (χ1n) is 11.5. The van der Waals surface area contributed by atoms with E-state index in [9.17, 15) is 9.59 Å². The zero-order chi connectivity index (χ0) is 26.8. The monoisotopic (exact) mass is 548 g/mol. The summed E-state index contributed by atoms with van der Waals surface area (Å²) in [5, 5.41) is 12.5. The lowest BCUT2D eigenvalue weighted by molar-refractivity contribution is -0.133. The minimum absolute atomic E-state index is 0.103. The van der Waals surface area contributed by atoms with Gasteiger partial charge in [-0.15, -0.1) is 10.2 Å². The highest BCUT2D eigenvalue weighted by Gasteiger charge is 2.18. The Bertz CT molecular complexity index is 1180. The number of nitrogens with zero attached hydrogens (tertiary/aromatic N) is 3. The number of nitrogens with one attached hydrogen (secondary N) is 1. The highest BCUT2D eigenvalue weighted by atomic mass is 35.5. The minimum atomic E-state index is -0.278. The number of hydrogen-bond acceptors (Lipinski definition) is 9. The maximum atomic E-state index is 12.6. The molecule has 12 heteroatoms. The maximum absolute atomic E-state index is 12.6. The summed E-state index contributed by atoms with van der Waals surface area (Å²) in [5.41, 5.74) is 0.702. The van der Waals surface area contributed by atoms with Crippen LogP contribution < -0.4 is 24.3 Å². The van der Waals surface area contributed by atoms with Crippen molar-refractivity contribution in [2.75, 3.05) is 46.3 Å². The standard InChI is InChI=1S/C25H29ClN4O6S/c1-5-11-30(22(32)15-36-18-8-6-17(26)7-9-18)12-10-21(31)27-25-29-28-24(37-25)16-13-19(33-2)23(35-4)20(14-16)34-3/h6-9,13-14H,5,10-12,15H2,1-4H3,(H,27,29,31). The van der Waals surface area contributed by atoms with Crippen molar-refractivity contribution in [1.29, 1.82) is 0 Å². The fourth-order valence-corrected chi connectivity index (χ4v) is 4.28. The van der Waals surface area contributed by atoms with Gasteiger partial charge in [-0.05, 0) is 42.8 Å². The molecule has 0 unspecified atom stereocenters. The van der Waals surface area contributed by atoms with Crippen molar-refractivity contribution in [1.82, 2.24) is 15.1 Å².